The predicted octanol–water partition coefficient (Wildman–Crippen LogP) is 3.03. The van der Waals surface area contributed by atoms with Crippen LogP contribution in [0.4, 0.5) is 0 Å². The van der Waals surface area contributed by atoms with Gasteiger partial charge in [-0.1, -0.05) is 13.8 Å². The molecule has 0 bridgehead atoms. The number of methoxy groups -OCH3 is 1. The fourth-order valence-electron chi connectivity index (χ4n) is 3.14. The summed E-state index contributed by atoms with van der Waals surface area (Å²) < 4.78 is 5.30. The van der Waals surface area contributed by atoms with E-state index in [0.29, 0.717) is 12.1 Å². The first-order valence-electron chi connectivity index (χ1n) is 7.11. The SMILES string of the molecule is COc1ccc2c3c([nH]c2c1)CCC(NC(C)C)C3. The van der Waals surface area contributed by atoms with E-state index in [0.717, 1.165) is 18.6 Å². The van der Waals surface area contributed by atoms with Crippen molar-refractivity contribution in [2.75, 3.05) is 7.11 Å². The van der Waals surface area contributed by atoms with Gasteiger partial charge in [-0.3, -0.25) is 0 Å². The Labute approximate surface area is 114 Å². The number of nitrogens with one attached hydrogen (secondary N) is 2. The molecule has 1 aliphatic carbocycles. The standard InChI is InChI=1S/C16H22N2O/c1-10(2)17-11-4-7-15-14(8-11)13-6-5-12(19-3)9-16(13)18-15/h5-6,9-11,17-18H,4,7-8H2,1-3H3. The summed E-state index contributed by atoms with van der Waals surface area (Å²) in [6.07, 6.45) is 3.48. The Hall–Kier alpha value is -1.48. The number of rotatable bonds is 3. The second-order valence-corrected chi connectivity index (χ2v) is 5.75. The smallest absolute Gasteiger partial charge is 0.120 e. The molecule has 3 nitrogen and oxygen atoms in total. The highest BCUT2D eigenvalue weighted by molar-refractivity contribution is 5.86. The number of ether oxygens (including phenoxy) is 1. The molecule has 1 heterocycles. The molecule has 1 atom stereocenters. The lowest BCUT2D eigenvalue weighted by Gasteiger charge is -2.25. The van der Waals surface area contributed by atoms with Crippen LogP contribution in [0.15, 0.2) is 18.2 Å². The van der Waals surface area contributed by atoms with Crippen molar-refractivity contribution in [1.29, 1.82) is 0 Å². The Morgan fingerprint density at radius 2 is 2.21 bits per heavy atom. The van der Waals surface area contributed by atoms with Crippen molar-refractivity contribution >= 4 is 10.9 Å². The van der Waals surface area contributed by atoms with E-state index in [9.17, 15) is 0 Å². The molecule has 1 aromatic carbocycles. The third-order valence-corrected chi connectivity index (χ3v) is 3.96. The lowest BCUT2D eigenvalue weighted by atomic mass is 9.91. The molecule has 1 aromatic heterocycles. The summed E-state index contributed by atoms with van der Waals surface area (Å²) >= 11 is 0. The Bertz CT molecular complexity index is 586. The molecule has 19 heavy (non-hydrogen) atoms. The molecule has 0 spiro atoms. The minimum atomic E-state index is 0.553. The molecule has 0 saturated carbocycles. The van der Waals surface area contributed by atoms with Gasteiger partial charge in [0.2, 0.25) is 0 Å². The van der Waals surface area contributed by atoms with Crippen molar-refractivity contribution < 1.29 is 4.74 Å². The molecule has 0 fully saturated rings. The van der Waals surface area contributed by atoms with E-state index in [-0.39, 0.29) is 0 Å². The zero-order chi connectivity index (χ0) is 13.4. The van der Waals surface area contributed by atoms with Crippen LogP contribution in [0.25, 0.3) is 10.9 Å². The van der Waals surface area contributed by atoms with Crippen molar-refractivity contribution in [3.8, 4) is 5.75 Å². The van der Waals surface area contributed by atoms with Crippen molar-refractivity contribution in [2.45, 2.75) is 45.2 Å². The molecule has 0 radical (unpaired) electrons. The molecule has 0 amide bonds. The molecule has 102 valence electrons. The molecule has 3 heteroatoms. The van der Waals surface area contributed by atoms with E-state index in [2.05, 4.69) is 42.3 Å². The first-order chi connectivity index (χ1) is 9.17. The van der Waals surface area contributed by atoms with Crippen LogP contribution < -0.4 is 10.1 Å². The van der Waals surface area contributed by atoms with Gasteiger partial charge < -0.3 is 15.0 Å². The number of aromatic nitrogens is 1. The summed E-state index contributed by atoms with van der Waals surface area (Å²) in [5.74, 6) is 0.919. The number of benzene rings is 1. The normalized spacial score (nSPS) is 18.8. The van der Waals surface area contributed by atoms with E-state index in [4.69, 9.17) is 4.74 Å². The molecule has 0 saturated heterocycles. The highest BCUT2D eigenvalue weighted by Gasteiger charge is 2.22. The second-order valence-electron chi connectivity index (χ2n) is 5.75. The van der Waals surface area contributed by atoms with Crippen LogP contribution in [-0.2, 0) is 12.8 Å². The zero-order valence-corrected chi connectivity index (χ0v) is 11.9. The van der Waals surface area contributed by atoms with Crippen molar-refractivity contribution in [2.24, 2.45) is 0 Å². The predicted molar refractivity (Wildman–Crippen MR) is 78.9 cm³/mol. The summed E-state index contributed by atoms with van der Waals surface area (Å²) in [4.78, 5) is 3.56. The minimum Gasteiger partial charge on any atom is -0.497 e. The Morgan fingerprint density at radius 3 is 2.95 bits per heavy atom. The van der Waals surface area contributed by atoms with Gasteiger partial charge in [0.25, 0.3) is 0 Å². The van der Waals surface area contributed by atoms with Gasteiger partial charge in [0, 0.05) is 34.7 Å². The molecular weight excluding hydrogens is 236 g/mol. The molecule has 2 N–H and O–H groups in total. The van der Waals surface area contributed by atoms with Crippen LogP contribution in [-0.4, -0.2) is 24.2 Å². The minimum absolute atomic E-state index is 0.553. The van der Waals surface area contributed by atoms with Gasteiger partial charge in [-0.25, -0.2) is 0 Å². The topological polar surface area (TPSA) is 37.0 Å². The molecule has 2 aromatic rings. The Balaban J connectivity index is 1.95. The third-order valence-electron chi connectivity index (χ3n) is 3.96. The maximum Gasteiger partial charge on any atom is 0.120 e. The number of fused-ring (bicyclic) bond motifs is 3. The molecule has 3 rings (SSSR count). The van der Waals surface area contributed by atoms with Crippen LogP contribution in [0.2, 0.25) is 0 Å². The van der Waals surface area contributed by atoms with Crippen LogP contribution in [0.3, 0.4) is 0 Å². The zero-order valence-electron chi connectivity index (χ0n) is 11.9. The van der Waals surface area contributed by atoms with Crippen LogP contribution in [0.1, 0.15) is 31.5 Å². The van der Waals surface area contributed by atoms with Crippen molar-refractivity contribution in [1.82, 2.24) is 10.3 Å². The van der Waals surface area contributed by atoms with E-state index in [1.807, 2.05) is 0 Å². The van der Waals surface area contributed by atoms with Gasteiger partial charge in [0.05, 0.1) is 7.11 Å². The largest absolute Gasteiger partial charge is 0.497 e. The summed E-state index contributed by atoms with van der Waals surface area (Å²) in [7, 11) is 1.71. The highest BCUT2D eigenvalue weighted by Crippen LogP contribution is 2.31. The van der Waals surface area contributed by atoms with Gasteiger partial charge in [0.1, 0.15) is 5.75 Å². The summed E-state index contributed by atoms with van der Waals surface area (Å²) in [5.41, 5.74) is 4.10. The average molecular weight is 258 g/mol. The van der Waals surface area contributed by atoms with E-state index in [1.165, 1.54) is 28.6 Å². The average Bonchev–Trinajstić information content (AvgIpc) is 2.75. The maximum absolute atomic E-state index is 5.30. The first-order valence-corrected chi connectivity index (χ1v) is 7.11. The maximum atomic E-state index is 5.30. The monoisotopic (exact) mass is 258 g/mol. The number of aryl methyl sites for hydroxylation is 1. The van der Waals surface area contributed by atoms with E-state index in [1.54, 1.807) is 7.11 Å². The van der Waals surface area contributed by atoms with Gasteiger partial charge in [0.15, 0.2) is 0 Å². The highest BCUT2D eigenvalue weighted by atomic mass is 16.5. The number of aromatic amines is 1. The van der Waals surface area contributed by atoms with Gasteiger partial charge in [-0.05, 0) is 37.0 Å². The fourth-order valence-corrected chi connectivity index (χ4v) is 3.14. The van der Waals surface area contributed by atoms with Crippen LogP contribution in [0.5, 0.6) is 5.75 Å². The second kappa shape index (κ2) is 4.89. The molecule has 1 aliphatic rings. The molecule has 0 aliphatic heterocycles. The van der Waals surface area contributed by atoms with Gasteiger partial charge in [-0.2, -0.15) is 0 Å². The van der Waals surface area contributed by atoms with Gasteiger partial charge >= 0.3 is 0 Å². The lowest BCUT2D eigenvalue weighted by Crippen LogP contribution is -2.38. The number of H-pyrrole nitrogens is 1. The van der Waals surface area contributed by atoms with E-state index >= 15 is 0 Å². The summed E-state index contributed by atoms with van der Waals surface area (Å²) in [5, 5.41) is 5.01. The third kappa shape index (κ3) is 2.35. The van der Waals surface area contributed by atoms with E-state index < -0.39 is 0 Å². The van der Waals surface area contributed by atoms with Gasteiger partial charge in [-0.15, -0.1) is 0 Å². The number of hydrogen-bond donors (Lipinski definition) is 2. The lowest BCUT2D eigenvalue weighted by molar-refractivity contribution is 0.415. The number of hydrogen-bond acceptors (Lipinski definition) is 2. The van der Waals surface area contributed by atoms with Crippen LogP contribution in [0, 0.1) is 0 Å². The molecular formula is C16H22N2O. The fraction of sp³-hybridized carbons (Fsp3) is 0.500. The Morgan fingerprint density at radius 1 is 1.37 bits per heavy atom. The van der Waals surface area contributed by atoms with Crippen molar-refractivity contribution in [3.63, 3.8) is 0 Å². The summed E-state index contributed by atoms with van der Waals surface area (Å²) in [6.45, 7) is 4.44. The molecule has 1 unspecified atom stereocenters. The quantitative estimate of drug-likeness (QED) is 0.888. The first kappa shape index (κ1) is 12.5. The Kier molecular flexibility index (Phi) is 3.23. The van der Waals surface area contributed by atoms with Crippen LogP contribution >= 0.6 is 0 Å². The van der Waals surface area contributed by atoms with Crippen molar-refractivity contribution in [3.05, 3.63) is 29.5 Å². The summed E-state index contributed by atoms with van der Waals surface area (Å²) in [6, 6.07) is 7.49.